The third-order valence-corrected chi connectivity index (χ3v) is 4.16. The summed E-state index contributed by atoms with van der Waals surface area (Å²) >= 11 is 0. The molecule has 0 saturated carbocycles. The Morgan fingerprint density at radius 2 is 2.00 bits per heavy atom. The number of hydrogen-bond donors (Lipinski definition) is 1. The summed E-state index contributed by atoms with van der Waals surface area (Å²) < 4.78 is 4.83. The molecular weight excluding hydrogens is 290 g/mol. The number of piperazine rings is 1. The van der Waals surface area contributed by atoms with Crippen molar-refractivity contribution in [2.45, 2.75) is 19.0 Å². The SMILES string of the molecule is C=C(N)C(=C)N1CCN(Cc2ccccc2)CC1CC(=O)OC. The van der Waals surface area contributed by atoms with Crippen LogP contribution in [0.2, 0.25) is 0 Å². The van der Waals surface area contributed by atoms with Crippen molar-refractivity contribution in [2.24, 2.45) is 5.73 Å². The Labute approximate surface area is 138 Å². The van der Waals surface area contributed by atoms with Gasteiger partial charge in [0, 0.05) is 31.9 Å². The first kappa shape index (κ1) is 17.1. The van der Waals surface area contributed by atoms with Gasteiger partial charge in [-0.3, -0.25) is 9.69 Å². The van der Waals surface area contributed by atoms with E-state index in [2.05, 4.69) is 35.1 Å². The standard InChI is InChI=1S/C18H25N3O2/c1-14(19)15(2)21-10-9-20(12-16-7-5-4-6-8-16)13-17(21)11-18(22)23-3/h4-8,17H,1-2,9-13,19H2,3H3. The van der Waals surface area contributed by atoms with Crippen molar-refractivity contribution >= 4 is 5.97 Å². The highest BCUT2D eigenvalue weighted by atomic mass is 16.5. The highest BCUT2D eigenvalue weighted by Crippen LogP contribution is 2.21. The van der Waals surface area contributed by atoms with E-state index in [0.29, 0.717) is 17.8 Å². The van der Waals surface area contributed by atoms with Gasteiger partial charge in [0.2, 0.25) is 0 Å². The van der Waals surface area contributed by atoms with Gasteiger partial charge in [0.15, 0.2) is 0 Å². The summed E-state index contributed by atoms with van der Waals surface area (Å²) in [6.45, 7) is 11.0. The Hall–Kier alpha value is -2.27. The Kier molecular flexibility index (Phi) is 5.82. The van der Waals surface area contributed by atoms with Gasteiger partial charge in [-0.05, 0) is 5.56 Å². The van der Waals surface area contributed by atoms with Crippen molar-refractivity contribution in [2.75, 3.05) is 26.7 Å². The van der Waals surface area contributed by atoms with Gasteiger partial charge in [-0.25, -0.2) is 0 Å². The lowest BCUT2D eigenvalue weighted by molar-refractivity contribution is -0.142. The molecule has 1 aromatic rings. The molecule has 5 nitrogen and oxygen atoms in total. The number of nitrogens with zero attached hydrogens (tertiary/aromatic N) is 2. The summed E-state index contributed by atoms with van der Waals surface area (Å²) in [5.41, 5.74) is 8.18. The molecule has 1 atom stereocenters. The maximum Gasteiger partial charge on any atom is 0.307 e. The highest BCUT2D eigenvalue weighted by molar-refractivity contribution is 5.70. The van der Waals surface area contributed by atoms with Gasteiger partial charge in [-0.2, -0.15) is 0 Å². The number of ether oxygens (including phenoxy) is 1. The second-order valence-corrected chi connectivity index (χ2v) is 5.82. The Balaban J connectivity index is 2.07. The topological polar surface area (TPSA) is 58.8 Å². The number of methoxy groups -OCH3 is 1. The summed E-state index contributed by atoms with van der Waals surface area (Å²) in [4.78, 5) is 16.1. The lowest BCUT2D eigenvalue weighted by Crippen LogP contribution is -2.53. The molecule has 124 valence electrons. The van der Waals surface area contributed by atoms with Crippen LogP contribution >= 0.6 is 0 Å². The maximum atomic E-state index is 11.7. The first-order valence-electron chi connectivity index (χ1n) is 7.74. The average Bonchev–Trinajstić information content (AvgIpc) is 2.55. The third-order valence-electron chi connectivity index (χ3n) is 4.16. The lowest BCUT2D eigenvalue weighted by atomic mass is 10.1. The quantitative estimate of drug-likeness (QED) is 0.640. The summed E-state index contributed by atoms with van der Waals surface area (Å²) in [5, 5.41) is 0. The fourth-order valence-electron chi connectivity index (χ4n) is 2.90. The fraction of sp³-hybridized carbons (Fsp3) is 0.389. The molecule has 23 heavy (non-hydrogen) atoms. The van der Waals surface area contributed by atoms with Gasteiger partial charge in [-0.15, -0.1) is 0 Å². The van der Waals surface area contributed by atoms with E-state index in [0.717, 1.165) is 26.2 Å². The van der Waals surface area contributed by atoms with Crippen LogP contribution in [0.15, 0.2) is 54.9 Å². The predicted octanol–water partition coefficient (Wildman–Crippen LogP) is 1.72. The lowest BCUT2D eigenvalue weighted by Gasteiger charge is -2.43. The zero-order valence-electron chi connectivity index (χ0n) is 13.7. The van der Waals surface area contributed by atoms with Crippen LogP contribution in [0.5, 0.6) is 0 Å². The molecule has 5 heteroatoms. The molecule has 1 aliphatic rings. The summed E-state index contributed by atoms with van der Waals surface area (Å²) in [5.74, 6) is -0.225. The number of nitrogens with two attached hydrogens (primary N) is 1. The van der Waals surface area contributed by atoms with Crippen molar-refractivity contribution < 1.29 is 9.53 Å². The van der Waals surface area contributed by atoms with Gasteiger partial charge >= 0.3 is 5.97 Å². The van der Waals surface area contributed by atoms with E-state index >= 15 is 0 Å². The van der Waals surface area contributed by atoms with E-state index in [-0.39, 0.29) is 12.0 Å². The highest BCUT2D eigenvalue weighted by Gasteiger charge is 2.30. The number of carbonyl (C=O) groups is 1. The van der Waals surface area contributed by atoms with E-state index in [1.54, 1.807) is 0 Å². The molecule has 0 radical (unpaired) electrons. The predicted molar refractivity (Wildman–Crippen MR) is 91.3 cm³/mol. The molecule has 2 N–H and O–H groups in total. The number of esters is 1. The van der Waals surface area contributed by atoms with Gasteiger partial charge < -0.3 is 15.4 Å². The second-order valence-electron chi connectivity index (χ2n) is 5.82. The zero-order valence-corrected chi connectivity index (χ0v) is 13.7. The Morgan fingerprint density at radius 1 is 1.30 bits per heavy atom. The summed E-state index contributed by atoms with van der Waals surface area (Å²) in [7, 11) is 1.41. The largest absolute Gasteiger partial charge is 0.469 e. The number of rotatable bonds is 6. The zero-order chi connectivity index (χ0) is 16.8. The summed E-state index contributed by atoms with van der Waals surface area (Å²) in [6.07, 6.45) is 0.314. The minimum absolute atomic E-state index is 0.00675. The van der Waals surface area contributed by atoms with Crippen LogP contribution in [0.25, 0.3) is 0 Å². The molecule has 0 aliphatic carbocycles. The van der Waals surface area contributed by atoms with E-state index in [4.69, 9.17) is 10.5 Å². The molecule has 0 aromatic heterocycles. The van der Waals surface area contributed by atoms with Crippen molar-refractivity contribution in [3.05, 3.63) is 60.4 Å². The van der Waals surface area contributed by atoms with Crippen LogP contribution in [0.3, 0.4) is 0 Å². The molecule has 1 saturated heterocycles. The van der Waals surface area contributed by atoms with Crippen LogP contribution in [-0.2, 0) is 16.1 Å². The fourth-order valence-corrected chi connectivity index (χ4v) is 2.90. The first-order chi connectivity index (χ1) is 11.0. The van der Waals surface area contributed by atoms with Crippen molar-refractivity contribution in [1.29, 1.82) is 0 Å². The monoisotopic (exact) mass is 315 g/mol. The van der Waals surface area contributed by atoms with Gasteiger partial charge in [0.05, 0.1) is 25.3 Å². The maximum absolute atomic E-state index is 11.7. The van der Waals surface area contributed by atoms with E-state index < -0.39 is 0 Å². The Bertz CT molecular complexity index is 571. The molecule has 0 bridgehead atoms. The van der Waals surface area contributed by atoms with Crippen molar-refractivity contribution in [3.8, 4) is 0 Å². The second kappa shape index (κ2) is 7.83. The molecule has 1 aliphatic heterocycles. The smallest absolute Gasteiger partial charge is 0.307 e. The molecule has 1 heterocycles. The molecule has 1 fully saturated rings. The van der Waals surface area contributed by atoms with Gasteiger partial charge in [-0.1, -0.05) is 43.5 Å². The normalized spacial score (nSPS) is 18.5. The van der Waals surface area contributed by atoms with Crippen LogP contribution < -0.4 is 5.73 Å². The average molecular weight is 315 g/mol. The minimum atomic E-state index is -0.225. The summed E-state index contributed by atoms with van der Waals surface area (Å²) in [6, 6.07) is 10.3. The first-order valence-corrected chi connectivity index (χ1v) is 7.74. The van der Waals surface area contributed by atoms with Crippen molar-refractivity contribution in [3.63, 3.8) is 0 Å². The van der Waals surface area contributed by atoms with Gasteiger partial charge in [0.25, 0.3) is 0 Å². The van der Waals surface area contributed by atoms with Crippen LogP contribution in [-0.4, -0.2) is 48.6 Å². The van der Waals surface area contributed by atoms with Crippen LogP contribution in [0, 0.1) is 0 Å². The van der Waals surface area contributed by atoms with E-state index in [1.807, 2.05) is 18.2 Å². The minimum Gasteiger partial charge on any atom is -0.469 e. The van der Waals surface area contributed by atoms with Gasteiger partial charge in [0.1, 0.15) is 0 Å². The molecule has 0 amide bonds. The van der Waals surface area contributed by atoms with E-state index in [1.165, 1.54) is 12.7 Å². The van der Waals surface area contributed by atoms with Crippen LogP contribution in [0.1, 0.15) is 12.0 Å². The number of hydrogen-bond acceptors (Lipinski definition) is 5. The van der Waals surface area contributed by atoms with Crippen molar-refractivity contribution in [1.82, 2.24) is 9.80 Å². The Morgan fingerprint density at radius 3 is 2.61 bits per heavy atom. The molecule has 0 spiro atoms. The third kappa shape index (κ3) is 4.60. The molecular formula is C18H25N3O2. The van der Waals surface area contributed by atoms with Crippen LogP contribution in [0.4, 0.5) is 0 Å². The molecule has 1 unspecified atom stereocenters. The molecule has 2 rings (SSSR count). The number of benzene rings is 1. The molecule has 1 aromatic carbocycles. The number of carbonyl (C=O) groups excluding carboxylic acids is 1. The van der Waals surface area contributed by atoms with E-state index in [9.17, 15) is 4.79 Å².